The molecule has 5 nitrogen and oxygen atoms in total. The number of alkyl halides is 3. The molecule has 0 unspecified atom stereocenters. The Morgan fingerprint density at radius 1 is 1.29 bits per heavy atom. The van der Waals surface area contributed by atoms with Gasteiger partial charge in [0.2, 0.25) is 5.91 Å². The topological polar surface area (TPSA) is 61.8 Å². The number of amidine groups is 1. The molecule has 2 aliphatic rings. The largest absolute Gasteiger partial charge is 0.416 e. The van der Waals surface area contributed by atoms with Crippen LogP contribution in [0, 0.1) is 0 Å². The van der Waals surface area contributed by atoms with Gasteiger partial charge in [-0.3, -0.25) is 14.6 Å². The van der Waals surface area contributed by atoms with Crippen LogP contribution in [0.4, 0.5) is 18.9 Å². The van der Waals surface area contributed by atoms with Gasteiger partial charge in [-0.2, -0.15) is 13.2 Å². The number of hydrogen-bond donors (Lipinski definition) is 1. The molecule has 3 rings (SSSR count). The molecule has 1 N–H and O–H groups in total. The fourth-order valence-corrected chi connectivity index (χ4v) is 3.29. The van der Waals surface area contributed by atoms with E-state index in [4.69, 9.17) is 0 Å². The third kappa shape index (κ3) is 3.55. The van der Waals surface area contributed by atoms with Gasteiger partial charge in [0.25, 0.3) is 5.91 Å². The molecule has 2 amide bonds. The maximum absolute atomic E-state index is 13.1. The summed E-state index contributed by atoms with van der Waals surface area (Å²) < 4.78 is 39.4. The highest BCUT2D eigenvalue weighted by Crippen LogP contribution is 2.34. The van der Waals surface area contributed by atoms with Gasteiger partial charge in [0.1, 0.15) is 0 Å². The predicted molar refractivity (Wildman–Crippen MR) is 85.3 cm³/mol. The third-order valence-electron chi connectivity index (χ3n) is 3.70. The minimum atomic E-state index is -4.60. The zero-order valence-electron chi connectivity index (χ0n) is 12.5. The van der Waals surface area contributed by atoms with Crippen molar-refractivity contribution in [1.29, 1.82) is 0 Å². The SMILES string of the molecule is O=C(NC1=NCCS1)c1cc(N2CCCC2=O)cc(C(F)(F)F)c1. The monoisotopic (exact) mass is 357 g/mol. The van der Waals surface area contributed by atoms with Crippen molar-refractivity contribution in [2.24, 2.45) is 4.99 Å². The number of hydrogen-bond acceptors (Lipinski definition) is 4. The van der Waals surface area contributed by atoms with Crippen molar-refractivity contribution in [2.45, 2.75) is 19.0 Å². The summed E-state index contributed by atoms with van der Waals surface area (Å²) in [5, 5.41) is 2.91. The third-order valence-corrected chi connectivity index (χ3v) is 4.59. The summed E-state index contributed by atoms with van der Waals surface area (Å²) in [6, 6.07) is 3.01. The summed E-state index contributed by atoms with van der Waals surface area (Å²) in [6.45, 7) is 0.917. The van der Waals surface area contributed by atoms with Crippen LogP contribution in [0.2, 0.25) is 0 Å². The van der Waals surface area contributed by atoms with Gasteiger partial charge in [-0.05, 0) is 24.6 Å². The van der Waals surface area contributed by atoms with Crippen molar-refractivity contribution >= 4 is 34.4 Å². The smallest absolute Gasteiger partial charge is 0.312 e. The second-order valence-electron chi connectivity index (χ2n) is 5.40. The van der Waals surface area contributed by atoms with E-state index in [0.717, 1.165) is 17.9 Å². The van der Waals surface area contributed by atoms with Gasteiger partial charge in [0.15, 0.2) is 5.17 Å². The molecule has 0 radical (unpaired) electrons. The Labute approximate surface area is 140 Å². The molecule has 2 heterocycles. The van der Waals surface area contributed by atoms with E-state index in [-0.39, 0.29) is 17.2 Å². The van der Waals surface area contributed by atoms with Crippen LogP contribution in [0.3, 0.4) is 0 Å². The van der Waals surface area contributed by atoms with Crippen LogP contribution in [0.5, 0.6) is 0 Å². The van der Waals surface area contributed by atoms with Gasteiger partial charge < -0.3 is 10.2 Å². The van der Waals surface area contributed by atoms with E-state index >= 15 is 0 Å². The van der Waals surface area contributed by atoms with Crippen molar-refractivity contribution in [3.05, 3.63) is 29.3 Å². The zero-order chi connectivity index (χ0) is 17.3. The lowest BCUT2D eigenvalue weighted by molar-refractivity contribution is -0.137. The average molecular weight is 357 g/mol. The molecule has 0 saturated carbocycles. The number of aliphatic imine (C=N–C) groups is 1. The van der Waals surface area contributed by atoms with Crippen molar-refractivity contribution in [3.63, 3.8) is 0 Å². The summed E-state index contributed by atoms with van der Waals surface area (Å²) in [4.78, 5) is 29.4. The summed E-state index contributed by atoms with van der Waals surface area (Å²) >= 11 is 1.34. The first kappa shape index (κ1) is 16.8. The predicted octanol–water partition coefficient (Wildman–Crippen LogP) is 2.66. The maximum atomic E-state index is 13.1. The van der Waals surface area contributed by atoms with Crippen LogP contribution >= 0.6 is 11.8 Å². The Kier molecular flexibility index (Phi) is 4.53. The normalized spacial score (nSPS) is 18.0. The molecule has 1 fully saturated rings. The van der Waals surface area contributed by atoms with Crippen LogP contribution in [0.15, 0.2) is 23.2 Å². The van der Waals surface area contributed by atoms with Crippen LogP contribution in [-0.2, 0) is 11.0 Å². The molecular formula is C15H14F3N3O2S. The molecule has 0 bridgehead atoms. The first-order chi connectivity index (χ1) is 11.3. The number of rotatable bonds is 2. The van der Waals surface area contributed by atoms with Gasteiger partial charge in [-0.15, -0.1) is 0 Å². The second kappa shape index (κ2) is 6.46. The van der Waals surface area contributed by atoms with Crippen molar-refractivity contribution in [3.8, 4) is 0 Å². The minimum absolute atomic E-state index is 0.0958. The van der Waals surface area contributed by atoms with Crippen LogP contribution in [-0.4, -0.2) is 35.8 Å². The first-order valence-electron chi connectivity index (χ1n) is 7.36. The average Bonchev–Trinajstić information content (AvgIpc) is 3.17. The Bertz CT molecular complexity index is 718. The summed E-state index contributed by atoms with van der Waals surface area (Å²) in [5.74, 6) is -0.176. The van der Waals surface area contributed by atoms with E-state index in [1.54, 1.807) is 0 Å². The van der Waals surface area contributed by atoms with Gasteiger partial charge in [-0.25, -0.2) is 0 Å². The number of amides is 2. The van der Waals surface area contributed by atoms with Crippen molar-refractivity contribution in [2.75, 3.05) is 23.7 Å². The lowest BCUT2D eigenvalue weighted by atomic mass is 10.1. The maximum Gasteiger partial charge on any atom is 0.416 e. The molecular weight excluding hydrogens is 343 g/mol. The first-order valence-corrected chi connectivity index (χ1v) is 8.34. The Hall–Kier alpha value is -2.03. The molecule has 24 heavy (non-hydrogen) atoms. The van der Waals surface area contributed by atoms with E-state index in [2.05, 4.69) is 10.3 Å². The molecule has 2 aliphatic heterocycles. The van der Waals surface area contributed by atoms with E-state index in [0.29, 0.717) is 31.1 Å². The number of thioether (sulfide) groups is 1. The Morgan fingerprint density at radius 2 is 2.08 bits per heavy atom. The summed E-state index contributed by atoms with van der Waals surface area (Å²) in [7, 11) is 0. The Morgan fingerprint density at radius 3 is 2.67 bits per heavy atom. The Balaban J connectivity index is 1.95. The fourth-order valence-electron chi connectivity index (χ4n) is 2.56. The number of anilines is 1. The lowest BCUT2D eigenvalue weighted by Crippen LogP contribution is -2.29. The van der Waals surface area contributed by atoms with Gasteiger partial charge in [0.05, 0.1) is 12.1 Å². The minimum Gasteiger partial charge on any atom is -0.312 e. The van der Waals surface area contributed by atoms with Crippen LogP contribution < -0.4 is 10.2 Å². The zero-order valence-corrected chi connectivity index (χ0v) is 13.3. The van der Waals surface area contributed by atoms with Gasteiger partial charge in [-0.1, -0.05) is 11.8 Å². The molecule has 9 heteroatoms. The highest BCUT2D eigenvalue weighted by molar-refractivity contribution is 8.14. The van der Waals surface area contributed by atoms with Crippen molar-refractivity contribution in [1.82, 2.24) is 5.32 Å². The van der Waals surface area contributed by atoms with Crippen molar-refractivity contribution < 1.29 is 22.8 Å². The molecule has 1 aromatic carbocycles. The van der Waals surface area contributed by atoms with Crippen LogP contribution in [0.25, 0.3) is 0 Å². The molecule has 0 atom stereocenters. The highest BCUT2D eigenvalue weighted by atomic mass is 32.2. The molecule has 1 saturated heterocycles. The van der Waals surface area contributed by atoms with Gasteiger partial charge in [0, 0.05) is 30.0 Å². The van der Waals surface area contributed by atoms with E-state index in [1.807, 2.05) is 0 Å². The molecule has 0 aromatic heterocycles. The quantitative estimate of drug-likeness (QED) is 0.885. The number of benzene rings is 1. The molecule has 0 aliphatic carbocycles. The summed E-state index contributed by atoms with van der Waals surface area (Å²) in [6.07, 6.45) is -3.72. The molecule has 1 aromatic rings. The standard InChI is InChI=1S/C15H14F3N3O2S/c16-15(17,18)10-6-9(13(23)20-14-19-3-5-24-14)7-11(8-10)21-4-1-2-12(21)22/h6-8H,1-5H2,(H,19,20,23). The lowest BCUT2D eigenvalue weighted by Gasteiger charge is -2.19. The summed E-state index contributed by atoms with van der Waals surface area (Å²) in [5.41, 5.74) is -1.00. The second-order valence-corrected chi connectivity index (χ2v) is 6.49. The number of nitrogens with zero attached hydrogens (tertiary/aromatic N) is 2. The van der Waals surface area contributed by atoms with Crippen LogP contribution in [0.1, 0.15) is 28.8 Å². The molecule has 128 valence electrons. The number of carbonyl (C=O) groups is 2. The van der Waals surface area contributed by atoms with E-state index in [9.17, 15) is 22.8 Å². The van der Waals surface area contributed by atoms with Gasteiger partial charge >= 0.3 is 6.18 Å². The number of carbonyl (C=O) groups excluding carboxylic acids is 2. The fraction of sp³-hybridized carbons (Fsp3) is 0.400. The van der Waals surface area contributed by atoms with E-state index < -0.39 is 17.6 Å². The van der Waals surface area contributed by atoms with E-state index in [1.165, 1.54) is 22.7 Å². The number of halogens is 3. The molecule has 0 spiro atoms. The highest BCUT2D eigenvalue weighted by Gasteiger charge is 2.33. The number of nitrogens with one attached hydrogen (secondary N) is 1.